The van der Waals surface area contributed by atoms with E-state index in [0.29, 0.717) is 17.0 Å². The largest absolute Gasteiger partial charge is 0.341 e. The van der Waals surface area contributed by atoms with Crippen molar-refractivity contribution in [1.82, 2.24) is 4.90 Å². The topological polar surface area (TPSA) is 61.2 Å². The van der Waals surface area contributed by atoms with Crippen molar-refractivity contribution in [2.45, 2.75) is 19.4 Å². The normalized spacial score (nSPS) is 10.0. The molecule has 1 aromatic heterocycles. The van der Waals surface area contributed by atoms with Gasteiger partial charge in [-0.15, -0.1) is 11.3 Å². The number of nitrogens with zero attached hydrogens (tertiary/aromatic N) is 2. The number of carbonyl (C=O) groups excluding carboxylic acids is 2. The SMILES string of the molecule is CN(Cc1ccc(C#N)cc1)C(=O)CCC(=O)c1cccs1. The maximum atomic E-state index is 12.1. The molecule has 0 N–H and O–H groups in total. The van der Waals surface area contributed by atoms with E-state index in [2.05, 4.69) is 6.07 Å². The van der Waals surface area contributed by atoms with E-state index in [-0.39, 0.29) is 24.5 Å². The number of hydrogen-bond donors (Lipinski definition) is 0. The van der Waals surface area contributed by atoms with Crippen molar-refractivity contribution in [3.8, 4) is 6.07 Å². The molecule has 1 amide bonds. The second-order valence-corrected chi connectivity index (χ2v) is 5.91. The predicted molar refractivity (Wildman–Crippen MR) is 85.5 cm³/mol. The minimum atomic E-state index is -0.0609. The lowest BCUT2D eigenvalue weighted by Gasteiger charge is -2.17. The van der Waals surface area contributed by atoms with E-state index >= 15 is 0 Å². The van der Waals surface area contributed by atoms with Crippen molar-refractivity contribution in [3.63, 3.8) is 0 Å². The summed E-state index contributed by atoms with van der Waals surface area (Å²) in [5, 5.41) is 10.6. The Morgan fingerprint density at radius 2 is 1.91 bits per heavy atom. The van der Waals surface area contributed by atoms with Gasteiger partial charge in [-0.2, -0.15) is 5.26 Å². The van der Waals surface area contributed by atoms with Crippen LogP contribution in [0.5, 0.6) is 0 Å². The lowest BCUT2D eigenvalue weighted by molar-refractivity contribution is -0.130. The molecule has 0 unspecified atom stereocenters. The average Bonchev–Trinajstić information content (AvgIpc) is 3.07. The molecule has 0 saturated heterocycles. The molecular weight excluding hydrogens is 296 g/mol. The van der Waals surface area contributed by atoms with E-state index in [9.17, 15) is 9.59 Å². The molecular formula is C17H16N2O2S. The molecule has 0 fully saturated rings. The average molecular weight is 312 g/mol. The lowest BCUT2D eigenvalue weighted by Crippen LogP contribution is -2.26. The molecule has 2 rings (SSSR count). The van der Waals surface area contributed by atoms with Crippen LogP contribution in [0.2, 0.25) is 0 Å². The summed E-state index contributed by atoms with van der Waals surface area (Å²) in [4.78, 5) is 26.2. The van der Waals surface area contributed by atoms with Gasteiger partial charge in [-0.25, -0.2) is 0 Å². The third-order valence-electron chi connectivity index (χ3n) is 3.29. The highest BCUT2D eigenvalue weighted by molar-refractivity contribution is 7.12. The van der Waals surface area contributed by atoms with Crippen LogP contribution in [0.1, 0.15) is 33.6 Å². The first kappa shape index (κ1) is 15.9. The zero-order chi connectivity index (χ0) is 15.9. The Morgan fingerprint density at radius 3 is 2.50 bits per heavy atom. The summed E-state index contributed by atoms with van der Waals surface area (Å²) in [6.07, 6.45) is 0.445. The minimum absolute atomic E-state index is 0.00937. The summed E-state index contributed by atoms with van der Waals surface area (Å²) in [5.41, 5.74) is 1.55. The van der Waals surface area contributed by atoms with Gasteiger partial charge in [0.1, 0.15) is 0 Å². The van der Waals surface area contributed by atoms with Gasteiger partial charge in [0.05, 0.1) is 16.5 Å². The van der Waals surface area contributed by atoms with Gasteiger partial charge >= 0.3 is 0 Å². The van der Waals surface area contributed by atoms with Gasteiger partial charge in [-0.1, -0.05) is 18.2 Å². The molecule has 1 aromatic carbocycles. The summed E-state index contributed by atoms with van der Waals surface area (Å²) in [6.45, 7) is 0.470. The number of benzene rings is 1. The predicted octanol–water partition coefficient (Wildman–Crippen LogP) is 3.24. The smallest absolute Gasteiger partial charge is 0.223 e. The first-order valence-corrected chi connectivity index (χ1v) is 7.78. The Labute approximate surface area is 133 Å². The second kappa shape index (κ2) is 7.53. The quantitative estimate of drug-likeness (QED) is 0.769. The molecule has 0 atom stereocenters. The number of amides is 1. The van der Waals surface area contributed by atoms with Gasteiger partial charge < -0.3 is 4.90 Å². The molecule has 4 nitrogen and oxygen atoms in total. The summed E-state index contributed by atoms with van der Waals surface area (Å²) in [7, 11) is 1.72. The first-order valence-electron chi connectivity index (χ1n) is 6.90. The van der Waals surface area contributed by atoms with Gasteiger partial charge in [0.15, 0.2) is 5.78 Å². The molecule has 0 aliphatic carbocycles. The van der Waals surface area contributed by atoms with E-state index in [1.165, 1.54) is 11.3 Å². The molecule has 2 aromatic rings. The fourth-order valence-electron chi connectivity index (χ4n) is 2.02. The van der Waals surface area contributed by atoms with Gasteiger partial charge in [-0.3, -0.25) is 9.59 Å². The van der Waals surface area contributed by atoms with Gasteiger partial charge in [-0.05, 0) is 29.1 Å². The highest BCUT2D eigenvalue weighted by Gasteiger charge is 2.13. The highest BCUT2D eigenvalue weighted by atomic mass is 32.1. The van der Waals surface area contributed by atoms with Crippen molar-refractivity contribution in [2.24, 2.45) is 0 Å². The zero-order valence-corrected chi connectivity index (χ0v) is 13.1. The third kappa shape index (κ3) is 4.27. The standard InChI is InChI=1S/C17H16N2O2S/c1-19(12-14-6-4-13(11-18)5-7-14)17(21)9-8-15(20)16-3-2-10-22-16/h2-7,10H,8-9,12H2,1H3. The number of rotatable bonds is 6. The van der Waals surface area contributed by atoms with E-state index in [1.807, 2.05) is 23.6 Å². The fourth-order valence-corrected chi connectivity index (χ4v) is 2.71. The maximum Gasteiger partial charge on any atom is 0.223 e. The van der Waals surface area contributed by atoms with Crippen LogP contribution in [0.4, 0.5) is 0 Å². The Balaban J connectivity index is 1.84. The zero-order valence-electron chi connectivity index (χ0n) is 12.3. The number of carbonyl (C=O) groups is 2. The summed E-state index contributed by atoms with van der Waals surface area (Å²) in [5.74, 6) is -0.0515. The molecule has 22 heavy (non-hydrogen) atoms. The van der Waals surface area contributed by atoms with Gasteiger partial charge in [0, 0.05) is 26.4 Å². The van der Waals surface area contributed by atoms with Crippen LogP contribution >= 0.6 is 11.3 Å². The van der Waals surface area contributed by atoms with Gasteiger partial charge in [0.2, 0.25) is 5.91 Å². The number of ketones is 1. The Hall–Kier alpha value is -2.45. The molecule has 112 valence electrons. The molecule has 5 heteroatoms. The lowest BCUT2D eigenvalue weighted by atomic mass is 10.1. The van der Waals surface area contributed by atoms with Crippen LogP contribution in [0, 0.1) is 11.3 Å². The van der Waals surface area contributed by atoms with Crippen LogP contribution in [-0.4, -0.2) is 23.6 Å². The Bertz CT molecular complexity index is 684. The van der Waals surface area contributed by atoms with E-state index in [4.69, 9.17) is 5.26 Å². The molecule has 1 heterocycles. The summed E-state index contributed by atoms with van der Waals surface area (Å²) in [6, 6.07) is 12.8. The van der Waals surface area contributed by atoms with Crippen molar-refractivity contribution < 1.29 is 9.59 Å². The Kier molecular flexibility index (Phi) is 5.45. The molecule has 0 saturated carbocycles. The van der Waals surface area contributed by atoms with Crippen LogP contribution < -0.4 is 0 Å². The molecule has 0 spiro atoms. The van der Waals surface area contributed by atoms with E-state index < -0.39 is 0 Å². The second-order valence-electron chi connectivity index (χ2n) is 4.96. The van der Waals surface area contributed by atoms with Crippen LogP contribution in [0.15, 0.2) is 41.8 Å². The van der Waals surface area contributed by atoms with Crippen molar-refractivity contribution in [1.29, 1.82) is 5.26 Å². The van der Waals surface area contributed by atoms with Crippen molar-refractivity contribution in [3.05, 3.63) is 57.8 Å². The van der Waals surface area contributed by atoms with Crippen molar-refractivity contribution >= 4 is 23.0 Å². The van der Waals surface area contributed by atoms with E-state index in [1.54, 1.807) is 30.1 Å². The summed E-state index contributed by atoms with van der Waals surface area (Å²) >= 11 is 1.40. The molecule has 0 aliphatic heterocycles. The fraction of sp³-hybridized carbons (Fsp3) is 0.235. The molecule has 0 bridgehead atoms. The maximum absolute atomic E-state index is 12.1. The van der Waals surface area contributed by atoms with Crippen LogP contribution in [0.3, 0.4) is 0 Å². The number of hydrogen-bond acceptors (Lipinski definition) is 4. The van der Waals surface area contributed by atoms with Crippen LogP contribution in [-0.2, 0) is 11.3 Å². The van der Waals surface area contributed by atoms with E-state index in [0.717, 1.165) is 5.56 Å². The summed E-state index contributed by atoms with van der Waals surface area (Å²) < 4.78 is 0. The minimum Gasteiger partial charge on any atom is -0.341 e. The van der Waals surface area contributed by atoms with Gasteiger partial charge in [0.25, 0.3) is 0 Å². The Morgan fingerprint density at radius 1 is 1.18 bits per heavy atom. The molecule has 0 radical (unpaired) electrons. The number of Topliss-reactive ketones (excluding diaryl/α,β-unsaturated/α-hetero) is 1. The number of nitriles is 1. The third-order valence-corrected chi connectivity index (χ3v) is 4.20. The monoisotopic (exact) mass is 312 g/mol. The highest BCUT2D eigenvalue weighted by Crippen LogP contribution is 2.13. The number of thiophene rings is 1. The van der Waals surface area contributed by atoms with Crippen LogP contribution in [0.25, 0.3) is 0 Å². The first-order chi connectivity index (χ1) is 10.6. The van der Waals surface area contributed by atoms with Crippen molar-refractivity contribution in [2.75, 3.05) is 7.05 Å². The molecule has 0 aliphatic rings.